The molecule has 0 saturated carbocycles. The highest BCUT2D eigenvalue weighted by molar-refractivity contribution is 5.64. The van der Waals surface area contributed by atoms with Gasteiger partial charge in [-0.2, -0.15) is 0 Å². The fraction of sp³-hybridized carbons (Fsp3) is 0.667. The molecule has 1 heterocycles. The number of nitrogens with zero attached hydrogens (tertiary/aromatic N) is 2. The Bertz CT molecular complexity index is 586. The van der Waals surface area contributed by atoms with Crippen molar-refractivity contribution < 1.29 is 20.3 Å². The fourth-order valence-corrected chi connectivity index (χ4v) is 3.71. The van der Waals surface area contributed by atoms with Gasteiger partial charge in [0.2, 0.25) is 0 Å². The van der Waals surface area contributed by atoms with Crippen molar-refractivity contribution >= 4 is 6.09 Å². The Hall–Kier alpha value is -2.13. The van der Waals surface area contributed by atoms with Crippen molar-refractivity contribution in [3.63, 3.8) is 0 Å². The van der Waals surface area contributed by atoms with Gasteiger partial charge in [-0.05, 0) is 25.2 Å². The first-order valence-electron chi connectivity index (χ1n) is 8.10. The molecule has 0 spiro atoms. The molecule has 24 heavy (non-hydrogen) atoms. The van der Waals surface area contributed by atoms with Crippen molar-refractivity contribution in [2.45, 2.75) is 45.6 Å². The van der Waals surface area contributed by atoms with Gasteiger partial charge in [0.1, 0.15) is 11.4 Å². The Morgan fingerprint density at radius 2 is 2.12 bits per heavy atom. The van der Waals surface area contributed by atoms with Crippen LogP contribution in [0.3, 0.4) is 0 Å². The van der Waals surface area contributed by atoms with E-state index >= 15 is 0 Å². The number of amides is 1. The first-order valence-corrected chi connectivity index (χ1v) is 8.10. The lowest BCUT2D eigenvalue weighted by Gasteiger charge is -2.39. The van der Waals surface area contributed by atoms with E-state index in [9.17, 15) is 20.1 Å². The number of carbonyl (C=O) groups is 1. The molecule has 4 N–H and O–H groups in total. The van der Waals surface area contributed by atoms with Crippen molar-refractivity contribution in [1.82, 2.24) is 10.2 Å². The second-order valence-electron chi connectivity index (χ2n) is 6.56. The Labute approximate surface area is 140 Å². The van der Waals surface area contributed by atoms with Gasteiger partial charge in [-0.15, -0.1) is 0 Å². The number of nitro groups is 1. The zero-order chi connectivity index (χ0) is 17.9. The number of allylic oxidation sites excluding steroid dienone is 3. The highest BCUT2D eigenvalue weighted by Gasteiger charge is 2.34. The van der Waals surface area contributed by atoms with E-state index in [1.54, 1.807) is 0 Å². The van der Waals surface area contributed by atoms with Crippen LogP contribution in [0.4, 0.5) is 4.79 Å². The van der Waals surface area contributed by atoms with Crippen molar-refractivity contribution in [1.29, 1.82) is 0 Å². The summed E-state index contributed by atoms with van der Waals surface area (Å²) in [5.74, 6) is 0.187. The predicted molar refractivity (Wildman–Crippen MR) is 86.2 cm³/mol. The molecule has 0 aromatic heterocycles. The highest BCUT2D eigenvalue weighted by atomic mass is 16.6. The second kappa shape index (κ2) is 7.63. The fourth-order valence-electron chi connectivity index (χ4n) is 3.71. The lowest BCUT2D eigenvalue weighted by atomic mass is 9.94. The minimum atomic E-state index is -1.10. The minimum Gasteiger partial charge on any atom is -0.631 e. The molecule has 1 aliphatic carbocycles. The van der Waals surface area contributed by atoms with Crippen molar-refractivity contribution in [3.8, 4) is 0 Å². The summed E-state index contributed by atoms with van der Waals surface area (Å²) in [6.45, 7) is 4.41. The number of nitrogens with one attached hydrogen (secondary N) is 1. The number of rotatable bonds is 5. The lowest BCUT2D eigenvalue weighted by molar-refractivity contribution is -0.538. The van der Waals surface area contributed by atoms with Crippen LogP contribution in [0.15, 0.2) is 22.7 Å². The summed E-state index contributed by atoms with van der Waals surface area (Å²) < 4.78 is 0. The molecule has 0 radical (unpaired) electrons. The van der Waals surface area contributed by atoms with E-state index in [4.69, 9.17) is 5.11 Å². The van der Waals surface area contributed by atoms with Gasteiger partial charge in [0.15, 0.2) is 0 Å². The van der Waals surface area contributed by atoms with Gasteiger partial charge >= 0.3 is 6.09 Å². The highest BCUT2D eigenvalue weighted by Crippen LogP contribution is 2.34. The molecule has 134 valence electrons. The summed E-state index contributed by atoms with van der Waals surface area (Å²) in [4.78, 5) is 23.8. The van der Waals surface area contributed by atoms with Crippen LogP contribution < -0.4 is 10.8 Å². The summed E-state index contributed by atoms with van der Waals surface area (Å²) in [7, 11) is 0. The maximum Gasteiger partial charge on any atom is 0.404 e. The van der Waals surface area contributed by atoms with Gasteiger partial charge < -0.3 is 26.0 Å². The maximum absolute atomic E-state index is 11.4. The molecule has 0 aromatic rings. The summed E-state index contributed by atoms with van der Waals surface area (Å²) in [5, 5.41) is 34.1. The third-order valence-electron chi connectivity index (χ3n) is 4.61. The van der Waals surface area contributed by atoms with Crippen LogP contribution in [0.25, 0.3) is 0 Å². The second-order valence-corrected chi connectivity index (χ2v) is 6.56. The molecule has 1 fully saturated rings. The molecule has 1 saturated heterocycles. The van der Waals surface area contributed by atoms with Crippen LogP contribution in [-0.2, 0) is 0 Å². The number of likely N-dealkylation sites (tertiary alicyclic amines) is 1. The monoisotopic (exact) mass is 340 g/mol. The zero-order valence-electron chi connectivity index (χ0n) is 13.9. The number of carboxylic acid groups (broad SMARTS) is 1. The largest absolute Gasteiger partial charge is 0.631 e. The molecular formula is C15H24N4O5. The molecule has 2 unspecified atom stereocenters. The van der Waals surface area contributed by atoms with Crippen LogP contribution in [-0.4, -0.2) is 40.2 Å². The van der Waals surface area contributed by atoms with Crippen LogP contribution in [0.2, 0.25) is 0 Å². The normalized spacial score (nSPS) is 25.5. The molecule has 2 atom stereocenters. The van der Waals surface area contributed by atoms with Gasteiger partial charge in [-0.25, -0.2) is 4.79 Å². The maximum atomic E-state index is 11.4. The standard InChI is InChI=1S/C15H24N4O5/c1-9-6-11(16-15(20)21)8-18(7-9)14(10(2)19(23)24)12-4-3-5-13(12)17-22/h9,11,16H,3-8,17H2,1-2H3,(H,20,21). The van der Waals surface area contributed by atoms with E-state index in [1.165, 1.54) is 6.92 Å². The Kier molecular flexibility index (Phi) is 5.79. The van der Waals surface area contributed by atoms with Gasteiger partial charge in [0, 0.05) is 38.0 Å². The quantitative estimate of drug-likeness (QED) is 0.504. The van der Waals surface area contributed by atoms with E-state index in [1.807, 2.05) is 11.8 Å². The summed E-state index contributed by atoms with van der Waals surface area (Å²) in [6.07, 6.45) is 1.66. The zero-order valence-corrected chi connectivity index (χ0v) is 13.9. The lowest BCUT2D eigenvalue weighted by Crippen LogP contribution is -2.75. The molecule has 0 bridgehead atoms. The first kappa shape index (κ1) is 18.2. The number of hydrogen-bond acceptors (Lipinski definition) is 5. The SMILES string of the molecule is CC(=C(C1=C([NH2+][O-])CCC1)N1CC(C)CC(NC(=O)O)C1)[N+](=O)[O-]. The number of hydroxylamine groups is 1. The molecule has 0 aromatic carbocycles. The van der Waals surface area contributed by atoms with Crippen LogP contribution in [0.1, 0.15) is 39.5 Å². The third kappa shape index (κ3) is 4.04. The van der Waals surface area contributed by atoms with Gasteiger partial charge in [-0.3, -0.25) is 10.1 Å². The van der Waals surface area contributed by atoms with Crippen molar-refractivity contribution in [2.75, 3.05) is 13.1 Å². The predicted octanol–water partition coefficient (Wildman–Crippen LogP) is 0.972. The summed E-state index contributed by atoms with van der Waals surface area (Å²) >= 11 is 0. The van der Waals surface area contributed by atoms with E-state index < -0.39 is 11.0 Å². The van der Waals surface area contributed by atoms with E-state index in [-0.39, 0.29) is 17.7 Å². The van der Waals surface area contributed by atoms with E-state index in [2.05, 4.69) is 5.32 Å². The summed E-state index contributed by atoms with van der Waals surface area (Å²) in [6, 6.07) is -0.289. The van der Waals surface area contributed by atoms with Gasteiger partial charge in [0.05, 0.1) is 4.92 Å². The number of piperidine rings is 1. The number of nitrogens with two attached hydrogens (primary N) is 1. The Balaban J connectivity index is 2.39. The Morgan fingerprint density at radius 3 is 2.71 bits per heavy atom. The van der Waals surface area contributed by atoms with Crippen molar-refractivity contribution in [3.05, 3.63) is 38.0 Å². The molecule has 9 nitrogen and oxygen atoms in total. The van der Waals surface area contributed by atoms with Crippen LogP contribution in [0.5, 0.6) is 0 Å². The molecule has 2 aliphatic rings. The van der Waals surface area contributed by atoms with E-state index in [0.29, 0.717) is 43.7 Å². The smallest absolute Gasteiger partial charge is 0.404 e. The number of quaternary nitrogens is 1. The minimum absolute atomic E-state index is 0.00873. The third-order valence-corrected chi connectivity index (χ3v) is 4.61. The Morgan fingerprint density at radius 1 is 1.42 bits per heavy atom. The average molecular weight is 340 g/mol. The molecule has 2 rings (SSSR count). The number of hydrogen-bond donors (Lipinski definition) is 3. The summed E-state index contributed by atoms with van der Waals surface area (Å²) in [5.41, 5.74) is 2.64. The van der Waals surface area contributed by atoms with Gasteiger partial charge in [0.25, 0.3) is 5.70 Å². The van der Waals surface area contributed by atoms with E-state index in [0.717, 1.165) is 17.5 Å². The molecule has 1 aliphatic heterocycles. The molecule has 9 heteroatoms. The first-order chi connectivity index (χ1) is 11.3. The van der Waals surface area contributed by atoms with Gasteiger partial charge in [-0.1, -0.05) is 6.92 Å². The van der Waals surface area contributed by atoms with Crippen LogP contribution >= 0.6 is 0 Å². The molecular weight excluding hydrogens is 316 g/mol. The average Bonchev–Trinajstić information content (AvgIpc) is 2.94. The molecule has 1 amide bonds. The van der Waals surface area contributed by atoms with Crippen LogP contribution in [0, 0.1) is 21.2 Å². The van der Waals surface area contributed by atoms with Crippen molar-refractivity contribution in [2.24, 2.45) is 5.92 Å². The topological polar surface area (TPSA) is 135 Å².